The summed E-state index contributed by atoms with van der Waals surface area (Å²) in [6.07, 6.45) is 0.294. The van der Waals surface area contributed by atoms with Gasteiger partial charge in [0.2, 0.25) is 17.7 Å². The van der Waals surface area contributed by atoms with Gasteiger partial charge in [0.15, 0.2) is 0 Å². The van der Waals surface area contributed by atoms with Crippen LogP contribution in [0.2, 0.25) is 0 Å². The van der Waals surface area contributed by atoms with E-state index >= 15 is 0 Å². The molecule has 0 aliphatic carbocycles. The van der Waals surface area contributed by atoms with Gasteiger partial charge in [0, 0.05) is 18.5 Å². The lowest BCUT2D eigenvalue weighted by molar-refractivity contribution is -0.131. The zero-order valence-electron chi connectivity index (χ0n) is 14.5. The first-order valence-electron chi connectivity index (χ1n) is 7.65. The number of amides is 3. The number of rotatable bonds is 5. The topological polar surface area (TPSA) is 105 Å². The molecule has 0 radical (unpaired) electrons. The first-order valence-corrected chi connectivity index (χ1v) is 7.65. The van der Waals surface area contributed by atoms with E-state index in [1.54, 1.807) is 4.90 Å². The maximum absolute atomic E-state index is 11.9. The van der Waals surface area contributed by atoms with Crippen LogP contribution in [0.5, 0.6) is 0 Å². The second-order valence-electron chi connectivity index (χ2n) is 7.13. The van der Waals surface area contributed by atoms with Gasteiger partial charge in [0.25, 0.3) is 0 Å². The summed E-state index contributed by atoms with van der Waals surface area (Å²) in [5.74, 6) is -0.610. The van der Waals surface area contributed by atoms with Gasteiger partial charge in [0.1, 0.15) is 0 Å². The van der Waals surface area contributed by atoms with Crippen molar-refractivity contribution < 1.29 is 14.4 Å². The van der Waals surface area contributed by atoms with E-state index in [0.29, 0.717) is 13.0 Å². The highest BCUT2D eigenvalue weighted by molar-refractivity contribution is 5.88. The molecule has 0 saturated carbocycles. The highest BCUT2D eigenvalue weighted by atomic mass is 35.5. The smallest absolute Gasteiger partial charge is 0.239 e. The Morgan fingerprint density at radius 2 is 1.91 bits per heavy atom. The summed E-state index contributed by atoms with van der Waals surface area (Å²) >= 11 is 0. The average Bonchev–Trinajstić information content (AvgIpc) is 2.75. The minimum Gasteiger partial charge on any atom is -0.350 e. The van der Waals surface area contributed by atoms with Crippen molar-refractivity contribution in [2.45, 2.75) is 58.7 Å². The molecule has 1 rings (SSSR count). The molecule has 0 aromatic heterocycles. The minimum atomic E-state index is -0.628. The standard InChI is InChI=1S/C15H28N4O3.ClH/c1-9(2)13(16)14(22)17-7-11(20)18-10-6-12(21)19(8-10)15(3,4)5;/h9-10,13H,6-8,16H2,1-5H3,(H,17,22)(H,18,20);1H/t10?,13-;/m0./s1. The molecule has 4 N–H and O–H groups in total. The lowest BCUT2D eigenvalue weighted by atomic mass is 10.1. The fraction of sp³-hybridized carbons (Fsp3) is 0.800. The molecule has 23 heavy (non-hydrogen) atoms. The fourth-order valence-corrected chi connectivity index (χ4v) is 2.32. The predicted octanol–water partition coefficient (Wildman–Crippen LogP) is 0.0233. The second-order valence-corrected chi connectivity index (χ2v) is 7.13. The molecule has 1 unspecified atom stereocenters. The number of halogens is 1. The number of carbonyl (C=O) groups is 3. The van der Waals surface area contributed by atoms with Gasteiger partial charge in [-0.25, -0.2) is 0 Å². The number of nitrogens with two attached hydrogens (primary N) is 1. The summed E-state index contributed by atoms with van der Waals surface area (Å²) in [4.78, 5) is 37.2. The number of likely N-dealkylation sites (tertiary alicyclic amines) is 1. The van der Waals surface area contributed by atoms with E-state index in [1.807, 2.05) is 34.6 Å². The molecular formula is C15H29ClN4O3. The predicted molar refractivity (Wildman–Crippen MR) is 91.1 cm³/mol. The van der Waals surface area contributed by atoms with Crippen molar-refractivity contribution in [2.75, 3.05) is 13.1 Å². The number of hydrogen-bond donors (Lipinski definition) is 3. The van der Waals surface area contributed by atoms with Crippen molar-refractivity contribution in [3.05, 3.63) is 0 Å². The SMILES string of the molecule is CC(C)[C@H](N)C(=O)NCC(=O)NC1CC(=O)N(C(C)(C)C)C1.Cl. The fourth-order valence-electron chi connectivity index (χ4n) is 2.32. The summed E-state index contributed by atoms with van der Waals surface area (Å²) in [6.45, 7) is 9.94. The van der Waals surface area contributed by atoms with Crippen LogP contribution in [-0.2, 0) is 14.4 Å². The van der Waals surface area contributed by atoms with Gasteiger partial charge in [0.05, 0.1) is 18.6 Å². The van der Waals surface area contributed by atoms with Crippen molar-refractivity contribution in [2.24, 2.45) is 11.7 Å². The Labute approximate surface area is 144 Å². The summed E-state index contributed by atoms with van der Waals surface area (Å²) in [5.41, 5.74) is 5.44. The summed E-state index contributed by atoms with van der Waals surface area (Å²) < 4.78 is 0. The molecule has 1 aliphatic rings. The Kier molecular flexibility index (Phi) is 8.00. The Bertz CT molecular complexity index is 448. The third-order valence-corrected chi connectivity index (χ3v) is 3.74. The molecule has 0 spiro atoms. The Balaban J connectivity index is 0.00000484. The average molecular weight is 349 g/mol. The maximum atomic E-state index is 11.9. The molecule has 0 bridgehead atoms. The molecule has 1 fully saturated rings. The van der Waals surface area contributed by atoms with Crippen molar-refractivity contribution in [3.8, 4) is 0 Å². The Hall–Kier alpha value is -1.34. The summed E-state index contributed by atoms with van der Waals surface area (Å²) in [7, 11) is 0. The van der Waals surface area contributed by atoms with E-state index in [1.165, 1.54) is 0 Å². The quantitative estimate of drug-likeness (QED) is 0.651. The van der Waals surface area contributed by atoms with Crippen LogP contribution in [0.4, 0.5) is 0 Å². The van der Waals surface area contributed by atoms with E-state index in [2.05, 4.69) is 10.6 Å². The zero-order chi connectivity index (χ0) is 17.1. The highest BCUT2D eigenvalue weighted by Crippen LogP contribution is 2.21. The molecule has 0 aromatic rings. The van der Waals surface area contributed by atoms with Gasteiger partial charge < -0.3 is 21.3 Å². The third kappa shape index (κ3) is 6.35. The highest BCUT2D eigenvalue weighted by Gasteiger charge is 2.36. The first-order chi connectivity index (χ1) is 10.0. The third-order valence-electron chi connectivity index (χ3n) is 3.74. The van der Waals surface area contributed by atoms with Gasteiger partial charge in [-0.3, -0.25) is 14.4 Å². The molecular weight excluding hydrogens is 320 g/mol. The van der Waals surface area contributed by atoms with Crippen LogP contribution < -0.4 is 16.4 Å². The van der Waals surface area contributed by atoms with Crippen LogP contribution in [0.25, 0.3) is 0 Å². The van der Waals surface area contributed by atoms with E-state index in [0.717, 1.165) is 0 Å². The van der Waals surface area contributed by atoms with Gasteiger partial charge in [-0.05, 0) is 26.7 Å². The Morgan fingerprint density at radius 3 is 2.35 bits per heavy atom. The maximum Gasteiger partial charge on any atom is 0.239 e. The largest absolute Gasteiger partial charge is 0.350 e. The molecule has 134 valence electrons. The lowest BCUT2D eigenvalue weighted by Crippen LogP contribution is -2.49. The molecule has 7 nitrogen and oxygen atoms in total. The summed E-state index contributed by atoms with van der Waals surface area (Å²) in [6, 6.07) is -0.841. The molecule has 1 aliphatic heterocycles. The van der Waals surface area contributed by atoms with E-state index < -0.39 is 6.04 Å². The second kappa shape index (κ2) is 8.49. The monoisotopic (exact) mass is 348 g/mol. The molecule has 8 heteroatoms. The molecule has 1 heterocycles. The van der Waals surface area contributed by atoms with Crippen LogP contribution in [0.1, 0.15) is 41.0 Å². The molecule has 0 aromatic carbocycles. The van der Waals surface area contributed by atoms with Crippen molar-refractivity contribution in [1.29, 1.82) is 0 Å². The molecule has 1 saturated heterocycles. The van der Waals surface area contributed by atoms with Crippen LogP contribution >= 0.6 is 12.4 Å². The lowest BCUT2D eigenvalue weighted by Gasteiger charge is -2.32. The number of hydrogen-bond acceptors (Lipinski definition) is 4. The molecule has 3 amide bonds. The van der Waals surface area contributed by atoms with Crippen LogP contribution in [0.15, 0.2) is 0 Å². The van der Waals surface area contributed by atoms with Gasteiger partial charge in [-0.1, -0.05) is 13.8 Å². The normalized spacial score (nSPS) is 19.3. The van der Waals surface area contributed by atoms with Crippen LogP contribution in [-0.4, -0.2) is 53.3 Å². The minimum absolute atomic E-state index is 0. The van der Waals surface area contributed by atoms with E-state index in [-0.39, 0.29) is 54.2 Å². The van der Waals surface area contributed by atoms with Crippen molar-refractivity contribution in [1.82, 2.24) is 15.5 Å². The number of nitrogens with zero attached hydrogens (tertiary/aromatic N) is 1. The summed E-state index contributed by atoms with van der Waals surface area (Å²) in [5, 5.41) is 5.29. The zero-order valence-corrected chi connectivity index (χ0v) is 15.3. The Morgan fingerprint density at radius 1 is 1.35 bits per heavy atom. The number of carbonyl (C=O) groups excluding carboxylic acids is 3. The molecule has 2 atom stereocenters. The van der Waals surface area contributed by atoms with Crippen molar-refractivity contribution in [3.63, 3.8) is 0 Å². The first kappa shape index (κ1) is 21.7. The van der Waals surface area contributed by atoms with Gasteiger partial charge in [-0.15, -0.1) is 12.4 Å². The van der Waals surface area contributed by atoms with E-state index in [9.17, 15) is 14.4 Å². The van der Waals surface area contributed by atoms with Gasteiger partial charge in [-0.2, -0.15) is 0 Å². The van der Waals surface area contributed by atoms with E-state index in [4.69, 9.17) is 5.73 Å². The number of nitrogens with one attached hydrogen (secondary N) is 2. The van der Waals surface area contributed by atoms with Crippen molar-refractivity contribution >= 4 is 30.1 Å². The van der Waals surface area contributed by atoms with Crippen LogP contribution in [0, 0.1) is 5.92 Å². The van der Waals surface area contributed by atoms with Gasteiger partial charge >= 0.3 is 0 Å². The van der Waals surface area contributed by atoms with Crippen LogP contribution in [0.3, 0.4) is 0 Å².